The van der Waals surface area contributed by atoms with E-state index in [-0.39, 0.29) is 4.90 Å². The van der Waals surface area contributed by atoms with E-state index in [4.69, 9.17) is 0 Å². The minimum Gasteiger partial charge on any atom is -0.274 e. The summed E-state index contributed by atoms with van der Waals surface area (Å²) in [6.45, 7) is 0. The largest absolute Gasteiger partial charge is 0.436 e. The van der Waals surface area contributed by atoms with Crippen molar-refractivity contribution in [2.75, 3.05) is 0 Å². The molecule has 12 heavy (non-hydrogen) atoms. The summed E-state index contributed by atoms with van der Waals surface area (Å²) >= 11 is 3.69. The Balaban J connectivity index is 3.13. The number of nitrogens with zero attached hydrogens (tertiary/aromatic N) is 2. The molecule has 0 unspecified atom stereocenters. The quantitative estimate of drug-likeness (QED) is 0.571. The highest BCUT2D eigenvalue weighted by atomic mass is 33.1. The second-order valence-corrected chi connectivity index (χ2v) is 3.27. The Bertz CT molecular complexity index is 281. The van der Waals surface area contributed by atoms with Gasteiger partial charge in [0.2, 0.25) is 0 Å². The molecule has 68 valence electrons. The number of aryl methyl sites for hydroxylation is 1. The number of thiol groups is 1. The van der Waals surface area contributed by atoms with Crippen molar-refractivity contribution >= 4 is 22.5 Å². The van der Waals surface area contributed by atoms with Gasteiger partial charge in [-0.25, -0.2) is 0 Å². The van der Waals surface area contributed by atoms with Crippen molar-refractivity contribution in [3.63, 3.8) is 0 Å². The molecule has 0 saturated heterocycles. The first-order valence-electron chi connectivity index (χ1n) is 2.87. The first-order chi connectivity index (χ1) is 5.45. The van der Waals surface area contributed by atoms with E-state index in [1.807, 2.05) is 0 Å². The molecule has 0 fully saturated rings. The predicted molar refractivity (Wildman–Crippen MR) is 43.1 cm³/mol. The van der Waals surface area contributed by atoms with Gasteiger partial charge in [-0.05, 0) is 0 Å². The first kappa shape index (κ1) is 9.79. The highest BCUT2D eigenvalue weighted by Crippen LogP contribution is 2.36. The summed E-state index contributed by atoms with van der Waals surface area (Å²) < 4.78 is 37.5. The Kier molecular flexibility index (Phi) is 2.62. The van der Waals surface area contributed by atoms with E-state index in [2.05, 4.69) is 16.8 Å². The number of aromatic nitrogens is 2. The van der Waals surface area contributed by atoms with E-state index in [0.717, 1.165) is 15.5 Å². The fourth-order valence-electron chi connectivity index (χ4n) is 0.730. The standard InChI is InChI=1S/C5H5F3N2S2/c1-10-2-3(12-11)4(9-10)5(6,7)8/h2,11H,1H3. The molecule has 0 spiro atoms. The van der Waals surface area contributed by atoms with E-state index in [0.29, 0.717) is 0 Å². The molecular formula is C5H5F3N2S2. The van der Waals surface area contributed by atoms with Gasteiger partial charge < -0.3 is 0 Å². The molecule has 7 heteroatoms. The van der Waals surface area contributed by atoms with Crippen LogP contribution in [0.15, 0.2) is 11.1 Å². The van der Waals surface area contributed by atoms with Gasteiger partial charge in [0.15, 0.2) is 5.69 Å². The highest BCUT2D eigenvalue weighted by molar-refractivity contribution is 8.68. The lowest BCUT2D eigenvalue weighted by atomic mass is 10.4. The van der Waals surface area contributed by atoms with Gasteiger partial charge in [0.25, 0.3) is 0 Å². The van der Waals surface area contributed by atoms with Gasteiger partial charge in [-0.1, -0.05) is 10.8 Å². The van der Waals surface area contributed by atoms with Gasteiger partial charge in [-0.2, -0.15) is 18.3 Å². The zero-order chi connectivity index (χ0) is 9.35. The molecule has 0 aliphatic heterocycles. The molecule has 1 aromatic rings. The van der Waals surface area contributed by atoms with Gasteiger partial charge in [0.05, 0.1) is 4.90 Å². The lowest BCUT2D eigenvalue weighted by molar-refractivity contribution is -0.143. The molecule has 0 N–H and O–H groups in total. The Morgan fingerprint density at radius 2 is 2.17 bits per heavy atom. The third-order valence-corrected chi connectivity index (χ3v) is 2.25. The summed E-state index contributed by atoms with van der Waals surface area (Å²) in [7, 11) is 2.17. The van der Waals surface area contributed by atoms with Crippen LogP contribution < -0.4 is 0 Å². The van der Waals surface area contributed by atoms with E-state index in [9.17, 15) is 13.2 Å². The summed E-state index contributed by atoms with van der Waals surface area (Å²) in [5.41, 5.74) is -0.884. The number of alkyl halides is 3. The maximum atomic E-state index is 12.1. The summed E-state index contributed by atoms with van der Waals surface area (Å²) in [5, 5.41) is 3.27. The minimum atomic E-state index is -4.40. The van der Waals surface area contributed by atoms with Gasteiger partial charge >= 0.3 is 6.18 Å². The van der Waals surface area contributed by atoms with E-state index >= 15 is 0 Å². The average molecular weight is 214 g/mol. The smallest absolute Gasteiger partial charge is 0.274 e. The van der Waals surface area contributed by atoms with Crippen molar-refractivity contribution in [3.8, 4) is 0 Å². The fourth-order valence-corrected chi connectivity index (χ4v) is 1.57. The van der Waals surface area contributed by atoms with E-state index in [1.165, 1.54) is 13.2 Å². The molecule has 1 rings (SSSR count). The third kappa shape index (κ3) is 1.89. The molecule has 1 aromatic heterocycles. The molecule has 0 aliphatic rings. The maximum Gasteiger partial charge on any atom is 0.436 e. The molecule has 0 radical (unpaired) electrons. The van der Waals surface area contributed by atoms with Crippen molar-refractivity contribution in [1.82, 2.24) is 9.78 Å². The van der Waals surface area contributed by atoms with Crippen LogP contribution in [0.2, 0.25) is 0 Å². The molecule has 0 saturated carbocycles. The molecule has 0 bridgehead atoms. The molecule has 0 amide bonds. The molecule has 0 atom stereocenters. The van der Waals surface area contributed by atoms with Crippen LogP contribution in [0.5, 0.6) is 0 Å². The Morgan fingerprint density at radius 3 is 2.50 bits per heavy atom. The van der Waals surface area contributed by atoms with Crippen LogP contribution >= 0.6 is 22.5 Å². The topological polar surface area (TPSA) is 17.8 Å². The van der Waals surface area contributed by atoms with Crippen LogP contribution in [0.25, 0.3) is 0 Å². The third-order valence-electron chi connectivity index (χ3n) is 1.16. The van der Waals surface area contributed by atoms with Crippen molar-refractivity contribution in [2.45, 2.75) is 11.1 Å². The number of hydrogen-bond donors (Lipinski definition) is 1. The molecule has 0 aromatic carbocycles. The monoisotopic (exact) mass is 214 g/mol. The zero-order valence-electron chi connectivity index (χ0n) is 5.96. The van der Waals surface area contributed by atoms with Crippen molar-refractivity contribution in [3.05, 3.63) is 11.9 Å². The van der Waals surface area contributed by atoms with Crippen LogP contribution in [0.3, 0.4) is 0 Å². The normalized spacial score (nSPS) is 12.1. The lowest BCUT2D eigenvalue weighted by Gasteiger charge is -2.02. The SMILES string of the molecule is Cn1cc(SS)c(C(F)(F)F)n1. The van der Waals surface area contributed by atoms with Crippen LogP contribution in [0, 0.1) is 0 Å². The van der Waals surface area contributed by atoms with Gasteiger partial charge in [0.1, 0.15) is 0 Å². The van der Waals surface area contributed by atoms with Crippen LogP contribution in [-0.2, 0) is 13.2 Å². The summed E-state index contributed by atoms with van der Waals surface area (Å²) in [6.07, 6.45) is -3.12. The second kappa shape index (κ2) is 3.21. The maximum absolute atomic E-state index is 12.1. The molecule has 1 heterocycles. The summed E-state index contributed by atoms with van der Waals surface area (Å²) in [5.74, 6) is 0. The van der Waals surface area contributed by atoms with Crippen molar-refractivity contribution in [2.24, 2.45) is 7.05 Å². The van der Waals surface area contributed by atoms with Crippen LogP contribution in [0.1, 0.15) is 5.69 Å². The Labute approximate surface area is 75.9 Å². The minimum absolute atomic E-state index is 0.0216. The van der Waals surface area contributed by atoms with Crippen molar-refractivity contribution in [1.29, 1.82) is 0 Å². The van der Waals surface area contributed by atoms with Gasteiger partial charge in [-0.15, -0.1) is 11.7 Å². The highest BCUT2D eigenvalue weighted by Gasteiger charge is 2.36. The first-order valence-corrected chi connectivity index (χ1v) is 4.74. The van der Waals surface area contributed by atoms with Crippen molar-refractivity contribution < 1.29 is 13.2 Å². The second-order valence-electron chi connectivity index (χ2n) is 2.10. The Hall–Kier alpha value is -0.300. The number of halogens is 3. The summed E-state index contributed by atoms with van der Waals surface area (Å²) in [6, 6.07) is 0. The average Bonchev–Trinajstić information content (AvgIpc) is 2.29. The van der Waals surface area contributed by atoms with Gasteiger partial charge in [0, 0.05) is 13.2 Å². The predicted octanol–water partition coefficient (Wildman–Crippen LogP) is 2.38. The number of rotatable bonds is 1. The molecule has 0 aliphatic carbocycles. The lowest BCUT2D eigenvalue weighted by Crippen LogP contribution is -2.07. The number of hydrogen-bond acceptors (Lipinski definition) is 3. The summed E-state index contributed by atoms with van der Waals surface area (Å²) in [4.78, 5) is 0.0216. The molecule has 2 nitrogen and oxygen atoms in total. The van der Waals surface area contributed by atoms with E-state index < -0.39 is 11.9 Å². The zero-order valence-corrected chi connectivity index (χ0v) is 7.67. The van der Waals surface area contributed by atoms with Gasteiger partial charge in [-0.3, -0.25) is 4.68 Å². The molecular weight excluding hydrogens is 209 g/mol. The Morgan fingerprint density at radius 1 is 1.58 bits per heavy atom. The van der Waals surface area contributed by atoms with E-state index in [1.54, 1.807) is 0 Å². The van der Waals surface area contributed by atoms with Crippen LogP contribution in [0.4, 0.5) is 13.2 Å². The fraction of sp³-hybridized carbons (Fsp3) is 0.400. The van der Waals surface area contributed by atoms with Crippen LogP contribution in [-0.4, -0.2) is 9.78 Å².